The fraction of sp³-hybridized carbons (Fsp3) is 0.211. The standard InChI is InChI=1S/C19H18ClN5OS/c1-13-7-8-14(11-16(13)20)21-17(26)12-27-19-23-22-18-24(9-10-25(18)19)15-5-3-2-4-6-15/h2-8,11H,9-10,12H2,1H3,(H,21,26). The van der Waals surface area contributed by atoms with E-state index in [-0.39, 0.29) is 11.7 Å². The first-order valence-electron chi connectivity index (χ1n) is 8.56. The Balaban J connectivity index is 1.40. The number of fused-ring (bicyclic) bond motifs is 1. The molecule has 1 aliphatic rings. The van der Waals surface area contributed by atoms with Gasteiger partial charge in [-0.1, -0.05) is 47.6 Å². The lowest BCUT2D eigenvalue weighted by atomic mass is 10.2. The number of anilines is 3. The van der Waals surface area contributed by atoms with E-state index in [4.69, 9.17) is 11.6 Å². The van der Waals surface area contributed by atoms with E-state index in [0.717, 1.165) is 35.4 Å². The Bertz CT molecular complexity index is 975. The largest absolute Gasteiger partial charge is 0.325 e. The van der Waals surface area contributed by atoms with Crippen molar-refractivity contribution in [3.05, 3.63) is 59.1 Å². The lowest BCUT2D eigenvalue weighted by molar-refractivity contribution is -0.113. The molecular formula is C19H18ClN5OS. The van der Waals surface area contributed by atoms with E-state index in [1.54, 1.807) is 6.07 Å². The number of halogens is 1. The second-order valence-corrected chi connectivity index (χ2v) is 7.57. The Kier molecular flexibility index (Phi) is 5.05. The molecule has 0 atom stereocenters. The van der Waals surface area contributed by atoms with Crippen LogP contribution in [-0.4, -0.2) is 33.0 Å². The number of carbonyl (C=O) groups is 1. The minimum atomic E-state index is -0.102. The summed E-state index contributed by atoms with van der Waals surface area (Å²) in [6, 6.07) is 15.6. The molecule has 0 aliphatic carbocycles. The topological polar surface area (TPSA) is 63.1 Å². The van der Waals surface area contributed by atoms with Gasteiger partial charge in [-0.3, -0.25) is 9.36 Å². The first-order chi connectivity index (χ1) is 13.1. The third-order valence-electron chi connectivity index (χ3n) is 4.34. The highest BCUT2D eigenvalue weighted by molar-refractivity contribution is 7.99. The third kappa shape index (κ3) is 3.79. The lowest BCUT2D eigenvalue weighted by Crippen LogP contribution is -2.14. The van der Waals surface area contributed by atoms with Crippen LogP contribution in [0.3, 0.4) is 0 Å². The summed E-state index contributed by atoms with van der Waals surface area (Å²) in [5, 5.41) is 12.8. The van der Waals surface area contributed by atoms with Crippen molar-refractivity contribution < 1.29 is 4.79 Å². The average molecular weight is 400 g/mol. The van der Waals surface area contributed by atoms with Crippen LogP contribution in [0.1, 0.15) is 5.56 Å². The van der Waals surface area contributed by atoms with E-state index in [0.29, 0.717) is 10.7 Å². The van der Waals surface area contributed by atoms with E-state index < -0.39 is 0 Å². The molecule has 0 radical (unpaired) electrons. The van der Waals surface area contributed by atoms with Crippen LogP contribution in [0.2, 0.25) is 5.02 Å². The maximum Gasteiger partial charge on any atom is 0.234 e. The fourth-order valence-corrected chi connectivity index (χ4v) is 3.87. The first-order valence-corrected chi connectivity index (χ1v) is 9.93. The van der Waals surface area contributed by atoms with Gasteiger partial charge in [0, 0.05) is 29.5 Å². The number of nitrogens with one attached hydrogen (secondary N) is 1. The van der Waals surface area contributed by atoms with Crippen LogP contribution in [0.15, 0.2) is 53.7 Å². The van der Waals surface area contributed by atoms with Gasteiger partial charge in [0.2, 0.25) is 11.9 Å². The molecule has 2 aromatic carbocycles. The van der Waals surface area contributed by atoms with E-state index >= 15 is 0 Å². The number of para-hydroxylation sites is 1. The molecule has 0 saturated heterocycles. The summed E-state index contributed by atoms with van der Waals surface area (Å²) in [5.74, 6) is 0.971. The van der Waals surface area contributed by atoms with Crippen LogP contribution in [0.25, 0.3) is 0 Å². The summed E-state index contributed by atoms with van der Waals surface area (Å²) < 4.78 is 2.05. The molecule has 1 N–H and O–H groups in total. The zero-order chi connectivity index (χ0) is 18.8. The molecule has 4 rings (SSSR count). The summed E-state index contributed by atoms with van der Waals surface area (Å²) in [7, 11) is 0. The van der Waals surface area contributed by atoms with Gasteiger partial charge in [0.05, 0.1) is 5.75 Å². The fourth-order valence-electron chi connectivity index (χ4n) is 2.93. The Morgan fingerprint density at radius 1 is 1.19 bits per heavy atom. The maximum absolute atomic E-state index is 12.2. The molecule has 2 heterocycles. The highest BCUT2D eigenvalue weighted by atomic mass is 35.5. The SMILES string of the molecule is Cc1ccc(NC(=O)CSc2nnc3n2CCN3c2ccccc2)cc1Cl. The van der Waals surface area contributed by atoms with Crippen molar-refractivity contribution in [3.63, 3.8) is 0 Å². The number of aryl methyl sites for hydroxylation is 1. The zero-order valence-electron chi connectivity index (χ0n) is 14.7. The number of hydrogen-bond donors (Lipinski definition) is 1. The van der Waals surface area contributed by atoms with Crippen molar-refractivity contribution in [2.24, 2.45) is 0 Å². The second kappa shape index (κ2) is 7.62. The lowest BCUT2D eigenvalue weighted by Gasteiger charge is -2.14. The van der Waals surface area contributed by atoms with Crippen LogP contribution in [-0.2, 0) is 11.3 Å². The molecule has 0 saturated carbocycles. The molecule has 8 heteroatoms. The van der Waals surface area contributed by atoms with Gasteiger partial charge in [-0.15, -0.1) is 10.2 Å². The zero-order valence-corrected chi connectivity index (χ0v) is 16.3. The molecule has 0 unspecified atom stereocenters. The molecule has 138 valence electrons. The number of aromatic nitrogens is 3. The summed E-state index contributed by atoms with van der Waals surface area (Å²) in [6.07, 6.45) is 0. The molecule has 27 heavy (non-hydrogen) atoms. The number of hydrogen-bond acceptors (Lipinski definition) is 5. The van der Waals surface area contributed by atoms with E-state index in [1.165, 1.54) is 11.8 Å². The monoisotopic (exact) mass is 399 g/mol. The molecule has 1 aromatic heterocycles. The van der Waals surface area contributed by atoms with Gasteiger partial charge in [0.1, 0.15) is 0 Å². The van der Waals surface area contributed by atoms with Crippen LogP contribution in [0.5, 0.6) is 0 Å². The number of thioether (sulfide) groups is 1. The number of nitrogens with zero attached hydrogens (tertiary/aromatic N) is 4. The predicted octanol–water partition coefficient (Wildman–Crippen LogP) is 4.12. The highest BCUT2D eigenvalue weighted by Gasteiger charge is 2.26. The van der Waals surface area contributed by atoms with Crippen molar-refractivity contribution in [3.8, 4) is 0 Å². The number of amides is 1. The van der Waals surface area contributed by atoms with Gasteiger partial charge in [-0.25, -0.2) is 0 Å². The third-order valence-corrected chi connectivity index (χ3v) is 5.72. The van der Waals surface area contributed by atoms with Crippen molar-refractivity contribution in [1.82, 2.24) is 14.8 Å². The van der Waals surface area contributed by atoms with Crippen molar-refractivity contribution in [2.45, 2.75) is 18.6 Å². The van der Waals surface area contributed by atoms with Crippen LogP contribution >= 0.6 is 23.4 Å². The van der Waals surface area contributed by atoms with Gasteiger partial charge >= 0.3 is 0 Å². The first kappa shape index (κ1) is 17.9. The Hall–Kier alpha value is -2.51. The van der Waals surface area contributed by atoms with Gasteiger partial charge < -0.3 is 10.2 Å². The maximum atomic E-state index is 12.2. The Morgan fingerprint density at radius 3 is 2.78 bits per heavy atom. The summed E-state index contributed by atoms with van der Waals surface area (Å²) in [4.78, 5) is 14.4. The van der Waals surface area contributed by atoms with Gasteiger partial charge in [0.15, 0.2) is 5.16 Å². The van der Waals surface area contributed by atoms with E-state index in [9.17, 15) is 4.79 Å². The van der Waals surface area contributed by atoms with Crippen molar-refractivity contribution >= 4 is 46.6 Å². The molecule has 1 aliphatic heterocycles. The molecule has 6 nitrogen and oxygen atoms in total. The quantitative estimate of drug-likeness (QED) is 0.654. The van der Waals surface area contributed by atoms with Crippen molar-refractivity contribution in [1.29, 1.82) is 0 Å². The van der Waals surface area contributed by atoms with Crippen LogP contribution in [0, 0.1) is 6.92 Å². The molecule has 1 amide bonds. The highest BCUT2D eigenvalue weighted by Crippen LogP contribution is 2.31. The average Bonchev–Trinajstić information content (AvgIpc) is 3.26. The Labute approximate surface area is 166 Å². The van der Waals surface area contributed by atoms with Crippen LogP contribution in [0.4, 0.5) is 17.3 Å². The van der Waals surface area contributed by atoms with Gasteiger partial charge in [-0.05, 0) is 36.8 Å². The normalized spacial score (nSPS) is 12.9. The molecule has 0 bridgehead atoms. The van der Waals surface area contributed by atoms with Crippen LogP contribution < -0.4 is 10.2 Å². The second-order valence-electron chi connectivity index (χ2n) is 6.22. The minimum Gasteiger partial charge on any atom is -0.325 e. The summed E-state index contributed by atoms with van der Waals surface area (Å²) >= 11 is 7.48. The minimum absolute atomic E-state index is 0.102. The molecule has 0 fully saturated rings. The molecular weight excluding hydrogens is 382 g/mol. The number of carbonyl (C=O) groups excluding carboxylic acids is 1. The Morgan fingerprint density at radius 2 is 2.00 bits per heavy atom. The van der Waals surface area contributed by atoms with Gasteiger partial charge in [-0.2, -0.15) is 0 Å². The summed E-state index contributed by atoms with van der Waals surface area (Å²) in [5.41, 5.74) is 2.76. The molecule has 3 aromatic rings. The number of benzene rings is 2. The molecule has 0 spiro atoms. The van der Waals surface area contributed by atoms with E-state index in [2.05, 4.69) is 32.5 Å². The number of rotatable bonds is 5. The van der Waals surface area contributed by atoms with Gasteiger partial charge in [0.25, 0.3) is 0 Å². The summed E-state index contributed by atoms with van der Waals surface area (Å²) in [6.45, 7) is 3.57. The predicted molar refractivity (Wildman–Crippen MR) is 109 cm³/mol. The van der Waals surface area contributed by atoms with Crippen molar-refractivity contribution in [2.75, 3.05) is 22.5 Å². The smallest absolute Gasteiger partial charge is 0.234 e. The van der Waals surface area contributed by atoms with E-state index in [1.807, 2.05) is 41.8 Å².